The average molecular weight is 431 g/mol. The van der Waals surface area contributed by atoms with E-state index < -0.39 is 32.7 Å². The second-order valence-electron chi connectivity index (χ2n) is 7.50. The lowest BCUT2D eigenvalue weighted by Crippen LogP contribution is -2.42. The number of benzene rings is 2. The van der Waals surface area contributed by atoms with Crippen molar-refractivity contribution in [2.45, 2.75) is 49.6 Å². The Morgan fingerprint density at radius 1 is 1.13 bits per heavy atom. The number of fused-ring (bicyclic) bond motifs is 1. The monoisotopic (exact) mass is 430 g/mol. The van der Waals surface area contributed by atoms with E-state index >= 15 is 0 Å². The minimum atomic E-state index is -4.19. The number of amides is 1. The molecule has 4 rings (SSSR count). The van der Waals surface area contributed by atoms with Gasteiger partial charge in [-0.25, -0.2) is 17.8 Å². The maximum Gasteiger partial charge on any atom is 0.244 e. The van der Waals surface area contributed by atoms with Crippen LogP contribution in [0.5, 0.6) is 0 Å². The van der Waals surface area contributed by atoms with Crippen LogP contribution in [0.15, 0.2) is 53.4 Å². The lowest BCUT2D eigenvalue weighted by molar-refractivity contribution is -0.117. The molecule has 1 atom stereocenters. The van der Waals surface area contributed by atoms with Crippen LogP contribution < -0.4 is 10.0 Å². The van der Waals surface area contributed by atoms with E-state index in [0.717, 1.165) is 48.8 Å². The first-order chi connectivity index (χ1) is 14.4. The molecule has 0 radical (unpaired) electrons. The number of hydrogen-bond acceptors (Lipinski definition) is 4. The number of nitrogens with zero attached hydrogens (tertiary/aromatic N) is 2. The van der Waals surface area contributed by atoms with Crippen LogP contribution in [-0.4, -0.2) is 29.9 Å². The van der Waals surface area contributed by atoms with E-state index in [1.165, 1.54) is 19.1 Å². The Kier molecular flexibility index (Phi) is 5.57. The summed E-state index contributed by atoms with van der Waals surface area (Å²) in [5.41, 5.74) is 1.69. The molecule has 9 heteroatoms. The Hall–Kier alpha value is -2.78. The van der Waals surface area contributed by atoms with Gasteiger partial charge >= 0.3 is 0 Å². The van der Waals surface area contributed by atoms with Crippen LogP contribution in [0.2, 0.25) is 0 Å². The van der Waals surface area contributed by atoms with Gasteiger partial charge in [0.05, 0.1) is 17.1 Å². The van der Waals surface area contributed by atoms with Crippen molar-refractivity contribution in [2.75, 3.05) is 5.32 Å². The predicted octanol–water partition coefficient (Wildman–Crippen LogP) is 3.60. The summed E-state index contributed by atoms with van der Waals surface area (Å²) in [6.07, 6.45) is 4.23. The number of rotatable bonds is 6. The predicted molar refractivity (Wildman–Crippen MR) is 112 cm³/mol. The van der Waals surface area contributed by atoms with Gasteiger partial charge in [-0.1, -0.05) is 37.1 Å². The molecule has 2 aromatic carbocycles. The summed E-state index contributed by atoms with van der Waals surface area (Å²) >= 11 is 0. The lowest BCUT2D eigenvalue weighted by atomic mass is 10.2. The second kappa shape index (κ2) is 8.16. The maximum absolute atomic E-state index is 13.9. The van der Waals surface area contributed by atoms with Gasteiger partial charge in [-0.3, -0.25) is 10.1 Å². The van der Waals surface area contributed by atoms with Crippen LogP contribution in [0, 0.1) is 5.82 Å². The minimum Gasteiger partial charge on any atom is -0.307 e. The third kappa shape index (κ3) is 3.95. The van der Waals surface area contributed by atoms with E-state index in [1.807, 2.05) is 28.8 Å². The molecule has 7 nitrogen and oxygen atoms in total. The number of hydrogen-bond donors (Lipinski definition) is 2. The number of sulfonamides is 1. The van der Waals surface area contributed by atoms with E-state index in [9.17, 15) is 17.6 Å². The fourth-order valence-corrected chi connectivity index (χ4v) is 5.18. The molecule has 1 aliphatic carbocycles. The number of para-hydroxylation sites is 2. The zero-order chi connectivity index (χ0) is 21.3. The first-order valence-electron chi connectivity index (χ1n) is 9.91. The Morgan fingerprint density at radius 2 is 1.80 bits per heavy atom. The van der Waals surface area contributed by atoms with Gasteiger partial charge in [-0.15, -0.1) is 0 Å². The molecular formula is C21H23FN4O3S. The molecule has 1 fully saturated rings. The summed E-state index contributed by atoms with van der Waals surface area (Å²) in [5, 5.41) is 2.76. The summed E-state index contributed by atoms with van der Waals surface area (Å²) in [4.78, 5) is 16.8. The second-order valence-corrected chi connectivity index (χ2v) is 9.18. The highest BCUT2D eigenvalue weighted by atomic mass is 32.2. The number of imidazole rings is 1. The number of anilines is 1. The summed E-state index contributed by atoms with van der Waals surface area (Å²) in [5.74, 6) is -1.05. The van der Waals surface area contributed by atoms with Crippen LogP contribution in [0.25, 0.3) is 11.0 Å². The molecule has 1 aromatic heterocycles. The fraction of sp³-hybridized carbons (Fsp3) is 0.333. The molecule has 2 N–H and O–H groups in total. The van der Waals surface area contributed by atoms with Crippen molar-refractivity contribution in [3.63, 3.8) is 0 Å². The quantitative estimate of drug-likeness (QED) is 0.625. The van der Waals surface area contributed by atoms with Gasteiger partial charge in [-0.2, -0.15) is 4.72 Å². The van der Waals surface area contributed by atoms with Crippen LogP contribution >= 0.6 is 0 Å². The van der Waals surface area contributed by atoms with Gasteiger partial charge in [0.1, 0.15) is 10.7 Å². The molecule has 1 aliphatic rings. The third-order valence-corrected chi connectivity index (χ3v) is 6.95. The molecule has 30 heavy (non-hydrogen) atoms. The van der Waals surface area contributed by atoms with Crippen LogP contribution in [0.4, 0.5) is 10.3 Å². The van der Waals surface area contributed by atoms with Gasteiger partial charge < -0.3 is 4.57 Å². The maximum atomic E-state index is 13.9. The van der Waals surface area contributed by atoms with E-state index in [-0.39, 0.29) is 6.04 Å². The molecule has 3 aromatic rings. The molecule has 1 amide bonds. The SMILES string of the molecule is C[C@H](NS(=O)(=O)c1ccccc1F)C(=O)Nc1nc2ccccc2n1C1CCCC1. The fourth-order valence-electron chi connectivity index (χ4n) is 3.90. The first-order valence-corrected chi connectivity index (χ1v) is 11.4. The summed E-state index contributed by atoms with van der Waals surface area (Å²) in [6.45, 7) is 1.41. The van der Waals surface area contributed by atoms with Gasteiger partial charge in [0.15, 0.2) is 0 Å². The molecular weight excluding hydrogens is 407 g/mol. The van der Waals surface area contributed by atoms with Crippen LogP contribution in [0.3, 0.4) is 0 Å². The minimum absolute atomic E-state index is 0.234. The number of carbonyl (C=O) groups excluding carboxylic acids is 1. The molecule has 0 saturated heterocycles. The van der Waals surface area contributed by atoms with Crippen molar-refractivity contribution < 1.29 is 17.6 Å². The van der Waals surface area contributed by atoms with E-state index in [0.29, 0.717) is 5.95 Å². The highest BCUT2D eigenvalue weighted by molar-refractivity contribution is 7.89. The lowest BCUT2D eigenvalue weighted by Gasteiger charge is -2.18. The number of aromatic nitrogens is 2. The third-order valence-electron chi connectivity index (χ3n) is 5.37. The number of nitrogens with one attached hydrogen (secondary N) is 2. The Labute approximate surface area is 174 Å². The standard InChI is InChI=1S/C21H23FN4O3S/c1-14(25-30(28,29)19-13-7-4-10-16(19)22)20(27)24-21-23-17-11-5-6-12-18(17)26(21)15-8-2-3-9-15/h4-7,10-15,25H,2-3,8-9H2,1H3,(H,23,24,27)/t14-/m0/s1. The molecule has 158 valence electrons. The van der Waals surface area contributed by atoms with Crippen molar-refractivity contribution >= 4 is 32.9 Å². The molecule has 0 spiro atoms. The summed E-state index contributed by atoms with van der Waals surface area (Å²) in [6, 6.07) is 11.8. The summed E-state index contributed by atoms with van der Waals surface area (Å²) in [7, 11) is -4.19. The average Bonchev–Trinajstić information content (AvgIpc) is 3.34. The van der Waals surface area contributed by atoms with Crippen LogP contribution in [-0.2, 0) is 14.8 Å². The van der Waals surface area contributed by atoms with E-state index in [4.69, 9.17) is 0 Å². The molecule has 1 saturated carbocycles. The normalized spacial score (nSPS) is 16.1. The zero-order valence-corrected chi connectivity index (χ0v) is 17.3. The van der Waals surface area contributed by atoms with Gasteiger partial charge in [-0.05, 0) is 44.0 Å². The molecule has 0 bridgehead atoms. The number of carbonyl (C=O) groups is 1. The van der Waals surface area contributed by atoms with Crippen molar-refractivity contribution in [3.05, 3.63) is 54.3 Å². The van der Waals surface area contributed by atoms with E-state index in [2.05, 4.69) is 15.0 Å². The van der Waals surface area contributed by atoms with E-state index in [1.54, 1.807) is 0 Å². The molecule has 0 unspecified atom stereocenters. The van der Waals surface area contributed by atoms with Crippen molar-refractivity contribution in [1.82, 2.24) is 14.3 Å². The van der Waals surface area contributed by atoms with Gasteiger partial charge in [0, 0.05) is 6.04 Å². The molecule has 1 heterocycles. The van der Waals surface area contributed by atoms with Crippen molar-refractivity contribution in [1.29, 1.82) is 0 Å². The zero-order valence-electron chi connectivity index (χ0n) is 16.5. The first kappa shape index (κ1) is 20.5. The Bertz CT molecular complexity index is 1190. The van der Waals surface area contributed by atoms with Crippen molar-refractivity contribution in [3.8, 4) is 0 Å². The van der Waals surface area contributed by atoms with Gasteiger partial charge in [0.25, 0.3) is 0 Å². The highest BCUT2D eigenvalue weighted by Gasteiger charge is 2.27. The Balaban J connectivity index is 1.57. The smallest absolute Gasteiger partial charge is 0.244 e. The topological polar surface area (TPSA) is 93.1 Å². The largest absolute Gasteiger partial charge is 0.307 e. The van der Waals surface area contributed by atoms with Crippen LogP contribution in [0.1, 0.15) is 38.6 Å². The highest BCUT2D eigenvalue weighted by Crippen LogP contribution is 2.35. The summed E-state index contributed by atoms with van der Waals surface area (Å²) < 4.78 is 43.1. The Morgan fingerprint density at radius 3 is 2.53 bits per heavy atom. The van der Waals surface area contributed by atoms with Gasteiger partial charge in [0.2, 0.25) is 21.9 Å². The number of halogens is 1. The molecule has 0 aliphatic heterocycles. The van der Waals surface area contributed by atoms with Crippen molar-refractivity contribution in [2.24, 2.45) is 0 Å².